The Balaban J connectivity index is 1.86. The van der Waals surface area contributed by atoms with E-state index in [1.807, 2.05) is 73.7 Å². The van der Waals surface area contributed by atoms with Gasteiger partial charge in [0.1, 0.15) is 17.2 Å². The molecule has 3 rings (SSSR count). The average molecular weight is 358 g/mol. The number of hydrogen-bond donors (Lipinski definition) is 1. The van der Waals surface area contributed by atoms with Crippen LogP contribution in [0, 0.1) is 0 Å². The van der Waals surface area contributed by atoms with Crippen molar-refractivity contribution in [3.8, 4) is 11.5 Å². The van der Waals surface area contributed by atoms with Crippen molar-refractivity contribution in [3.05, 3.63) is 95.6 Å². The number of nitrogens with zero attached hydrogens (tertiary/aromatic N) is 2. The molecule has 0 saturated carbocycles. The molecule has 0 saturated heterocycles. The van der Waals surface area contributed by atoms with Crippen molar-refractivity contribution in [1.82, 2.24) is 0 Å². The largest absolute Gasteiger partial charge is 0.507 e. The van der Waals surface area contributed by atoms with Gasteiger partial charge in [-0.15, -0.1) is 5.10 Å². The van der Waals surface area contributed by atoms with Crippen molar-refractivity contribution in [2.75, 3.05) is 6.61 Å². The van der Waals surface area contributed by atoms with E-state index < -0.39 is 0 Å². The van der Waals surface area contributed by atoms with Gasteiger partial charge >= 0.3 is 0 Å². The van der Waals surface area contributed by atoms with Gasteiger partial charge in [0.15, 0.2) is 0 Å². The summed E-state index contributed by atoms with van der Waals surface area (Å²) in [5.41, 5.74) is 3.32. The first kappa shape index (κ1) is 18.4. The van der Waals surface area contributed by atoms with Crippen molar-refractivity contribution < 1.29 is 9.84 Å². The molecule has 0 aliphatic carbocycles. The lowest BCUT2D eigenvalue weighted by atomic mass is 10.0. The predicted molar refractivity (Wildman–Crippen MR) is 110 cm³/mol. The van der Waals surface area contributed by atoms with Crippen LogP contribution in [0.2, 0.25) is 0 Å². The minimum atomic E-state index is 0.114. The Hall–Kier alpha value is -3.40. The molecule has 0 spiro atoms. The van der Waals surface area contributed by atoms with Crippen LogP contribution in [-0.2, 0) is 0 Å². The van der Waals surface area contributed by atoms with Crippen molar-refractivity contribution in [1.29, 1.82) is 0 Å². The number of hydrogen-bond acceptors (Lipinski definition) is 4. The van der Waals surface area contributed by atoms with Crippen LogP contribution < -0.4 is 4.74 Å². The number of ether oxygens (including phenoxy) is 1. The maximum atomic E-state index is 10.2. The quantitative estimate of drug-likeness (QED) is 0.474. The highest BCUT2D eigenvalue weighted by molar-refractivity contribution is 6.12. The zero-order chi connectivity index (χ0) is 18.9. The molecule has 136 valence electrons. The summed E-state index contributed by atoms with van der Waals surface area (Å²) in [7, 11) is 0. The Morgan fingerprint density at radius 2 is 1.56 bits per heavy atom. The Bertz CT molecular complexity index is 878. The van der Waals surface area contributed by atoms with Gasteiger partial charge in [0.05, 0.1) is 12.8 Å². The molecule has 0 unspecified atom stereocenters. The summed E-state index contributed by atoms with van der Waals surface area (Å²) in [6.07, 6.45) is 2.46. The van der Waals surface area contributed by atoms with Crippen LogP contribution in [0.3, 0.4) is 0 Å². The Labute approximate surface area is 159 Å². The van der Waals surface area contributed by atoms with E-state index in [2.05, 4.69) is 10.2 Å². The monoisotopic (exact) mass is 358 g/mol. The SMILES string of the molecule is CCCOc1ccc(/C=N/N=C(c2ccccc2)c2ccccc2)c(O)c1. The third kappa shape index (κ3) is 5.05. The highest BCUT2D eigenvalue weighted by atomic mass is 16.5. The van der Waals surface area contributed by atoms with Crippen LogP contribution in [0.4, 0.5) is 0 Å². The number of aromatic hydroxyl groups is 1. The van der Waals surface area contributed by atoms with Gasteiger partial charge in [0.25, 0.3) is 0 Å². The zero-order valence-corrected chi connectivity index (χ0v) is 15.2. The van der Waals surface area contributed by atoms with E-state index in [9.17, 15) is 5.11 Å². The minimum absolute atomic E-state index is 0.114. The van der Waals surface area contributed by atoms with Gasteiger partial charge in [-0.3, -0.25) is 0 Å². The Morgan fingerprint density at radius 3 is 2.11 bits per heavy atom. The fraction of sp³-hybridized carbons (Fsp3) is 0.130. The first-order chi connectivity index (χ1) is 13.3. The van der Waals surface area contributed by atoms with Crippen LogP contribution in [0.5, 0.6) is 11.5 Å². The Kier molecular flexibility index (Phi) is 6.36. The van der Waals surface area contributed by atoms with Gasteiger partial charge in [-0.1, -0.05) is 67.6 Å². The molecule has 0 radical (unpaired) electrons. The maximum Gasteiger partial charge on any atom is 0.128 e. The molecule has 27 heavy (non-hydrogen) atoms. The molecule has 3 aromatic rings. The van der Waals surface area contributed by atoms with Gasteiger partial charge < -0.3 is 9.84 Å². The third-order valence-electron chi connectivity index (χ3n) is 3.92. The fourth-order valence-corrected chi connectivity index (χ4v) is 2.57. The summed E-state index contributed by atoms with van der Waals surface area (Å²) in [5.74, 6) is 0.757. The van der Waals surface area contributed by atoms with E-state index in [0.717, 1.165) is 23.3 Å². The highest BCUT2D eigenvalue weighted by Gasteiger charge is 2.06. The van der Waals surface area contributed by atoms with E-state index in [1.54, 1.807) is 18.3 Å². The lowest BCUT2D eigenvalue weighted by molar-refractivity contribution is 0.315. The second-order valence-electron chi connectivity index (χ2n) is 5.99. The van der Waals surface area contributed by atoms with E-state index in [4.69, 9.17) is 4.74 Å². The van der Waals surface area contributed by atoms with Crippen LogP contribution in [0.1, 0.15) is 30.0 Å². The minimum Gasteiger partial charge on any atom is -0.507 e. The van der Waals surface area contributed by atoms with Crippen LogP contribution >= 0.6 is 0 Å². The maximum absolute atomic E-state index is 10.2. The lowest BCUT2D eigenvalue weighted by Gasteiger charge is -2.06. The summed E-state index contributed by atoms with van der Waals surface area (Å²) in [6, 6.07) is 25.0. The molecule has 0 fully saturated rings. The van der Waals surface area contributed by atoms with Gasteiger partial charge in [-0.2, -0.15) is 5.10 Å². The van der Waals surface area contributed by atoms with E-state index in [-0.39, 0.29) is 5.75 Å². The number of phenolic OH excluding ortho intramolecular Hbond substituents is 1. The first-order valence-electron chi connectivity index (χ1n) is 8.95. The zero-order valence-electron chi connectivity index (χ0n) is 15.2. The molecular formula is C23H22N2O2. The summed E-state index contributed by atoms with van der Waals surface area (Å²) < 4.78 is 5.52. The molecule has 4 nitrogen and oxygen atoms in total. The third-order valence-corrected chi connectivity index (χ3v) is 3.92. The second-order valence-corrected chi connectivity index (χ2v) is 5.99. The van der Waals surface area contributed by atoms with Crippen molar-refractivity contribution in [3.63, 3.8) is 0 Å². The molecule has 1 N–H and O–H groups in total. The standard InChI is InChI=1S/C23H22N2O2/c1-2-15-27-21-14-13-20(22(26)16-21)17-24-25-23(18-9-5-3-6-10-18)19-11-7-4-8-12-19/h3-14,16-17,26H,2,15H2,1H3/b24-17+. The van der Waals surface area contributed by atoms with E-state index in [0.29, 0.717) is 17.9 Å². The first-order valence-corrected chi connectivity index (χ1v) is 8.95. The molecule has 0 aliphatic heterocycles. The van der Waals surface area contributed by atoms with Gasteiger partial charge in [0, 0.05) is 22.8 Å². The predicted octanol–water partition coefficient (Wildman–Crippen LogP) is 5.05. The molecule has 0 amide bonds. The van der Waals surface area contributed by atoms with Gasteiger partial charge in [-0.05, 0) is 18.6 Å². The molecular weight excluding hydrogens is 336 g/mol. The summed E-state index contributed by atoms with van der Waals surface area (Å²) >= 11 is 0. The smallest absolute Gasteiger partial charge is 0.128 e. The van der Waals surface area contributed by atoms with Crippen LogP contribution in [-0.4, -0.2) is 23.6 Å². The van der Waals surface area contributed by atoms with Crippen LogP contribution in [0.25, 0.3) is 0 Å². The molecule has 0 atom stereocenters. The van der Waals surface area contributed by atoms with Crippen molar-refractivity contribution in [2.24, 2.45) is 10.2 Å². The van der Waals surface area contributed by atoms with Gasteiger partial charge in [0.2, 0.25) is 0 Å². The van der Waals surface area contributed by atoms with E-state index >= 15 is 0 Å². The lowest BCUT2D eigenvalue weighted by Crippen LogP contribution is -2.02. The molecule has 0 bridgehead atoms. The Morgan fingerprint density at radius 1 is 0.926 bits per heavy atom. The number of benzene rings is 3. The van der Waals surface area contributed by atoms with Crippen LogP contribution in [0.15, 0.2) is 89.1 Å². The summed E-state index contributed by atoms with van der Waals surface area (Å²) in [5, 5.41) is 18.8. The van der Waals surface area contributed by atoms with Crippen molar-refractivity contribution in [2.45, 2.75) is 13.3 Å². The molecule has 4 heteroatoms. The summed E-state index contributed by atoms with van der Waals surface area (Å²) in [4.78, 5) is 0. The molecule has 3 aromatic carbocycles. The fourth-order valence-electron chi connectivity index (χ4n) is 2.57. The topological polar surface area (TPSA) is 54.2 Å². The average Bonchev–Trinajstić information content (AvgIpc) is 2.72. The molecule has 0 aliphatic rings. The highest BCUT2D eigenvalue weighted by Crippen LogP contribution is 2.22. The number of rotatable bonds is 7. The summed E-state index contributed by atoms with van der Waals surface area (Å²) in [6.45, 7) is 2.66. The number of phenols is 1. The molecule has 0 heterocycles. The normalized spacial score (nSPS) is 10.7. The van der Waals surface area contributed by atoms with Gasteiger partial charge in [-0.25, -0.2) is 0 Å². The molecule has 0 aromatic heterocycles. The van der Waals surface area contributed by atoms with Crippen molar-refractivity contribution >= 4 is 11.9 Å². The van der Waals surface area contributed by atoms with E-state index in [1.165, 1.54) is 0 Å². The second kappa shape index (κ2) is 9.34.